The fourth-order valence-electron chi connectivity index (χ4n) is 2.82. The van der Waals surface area contributed by atoms with E-state index in [-0.39, 0.29) is 18.8 Å². The molecule has 3 rings (SSSR count). The van der Waals surface area contributed by atoms with Gasteiger partial charge in [-0.3, -0.25) is 9.69 Å². The standard InChI is InChI=1S/C15H19NO5/c1-16(12-9-19-8-11(12)15(17)18)6-10-7-20-13-4-2-3-5-14(13)21-10/h2-5,10-12H,6-9H2,1H3,(H,17,18). The Kier molecular flexibility index (Phi) is 3.98. The molecule has 114 valence electrons. The molecule has 21 heavy (non-hydrogen) atoms. The SMILES string of the molecule is CN(CC1COc2ccccc2O1)C1COCC1C(=O)O. The predicted molar refractivity (Wildman–Crippen MR) is 74.7 cm³/mol. The molecule has 2 aliphatic rings. The van der Waals surface area contributed by atoms with E-state index < -0.39 is 11.9 Å². The van der Waals surface area contributed by atoms with E-state index in [1.54, 1.807) is 0 Å². The van der Waals surface area contributed by atoms with Crippen LogP contribution in [0.3, 0.4) is 0 Å². The van der Waals surface area contributed by atoms with E-state index >= 15 is 0 Å². The highest BCUT2D eigenvalue weighted by Gasteiger charge is 2.37. The van der Waals surface area contributed by atoms with Gasteiger partial charge in [-0.1, -0.05) is 12.1 Å². The van der Waals surface area contributed by atoms with E-state index in [1.165, 1.54) is 0 Å². The normalized spacial score (nSPS) is 27.8. The van der Waals surface area contributed by atoms with E-state index in [0.29, 0.717) is 19.8 Å². The van der Waals surface area contributed by atoms with Crippen LogP contribution in [-0.4, -0.2) is 61.5 Å². The minimum atomic E-state index is -0.810. The molecule has 3 atom stereocenters. The quantitative estimate of drug-likeness (QED) is 0.888. The number of likely N-dealkylation sites (N-methyl/N-ethyl adjacent to an activating group) is 1. The first kappa shape index (κ1) is 14.2. The number of ether oxygens (including phenoxy) is 3. The number of fused-ring (bicyclic) bond motifs is 1. The van der Waals surface area contributed by atoms with Crippen LogP contribution in [0.2, 0.25) is 0 Å². The lowest BCUT2D eigenvalue weighted by Crippen LogP contribution is -2.47. The maximum absolute atomic E-state index is 11.2. The topological polar surface area (TPSA) is 68.2 Å². The minimum Gasteiger partial charge on any atom is -0.486 e. The van der Waals surface area contributed by atoms with Crippen molar-refractivity contribution >= 4 is 5.97 Å². The van der Waals surface area contributed by atoms with Crippen molar-refractivity contribution in [1.82, 2.24) is 4.90 Å². The van der Waals surface area contributed by atoms with Gasteiger partial charge in [-0.2, -0.15) is 0 Å². The van der Waals surface area contributed by atoms with Crippen LogP contribution in [0.1, 0.15) is 0 Å². The fraction of sp³-hybridized carbons (Fsp3) is 0.533. The van der Waals surface area contributed by atoms with Gasteiger partial charge in [0.2, 0.25) is 0 Å². The van der Waals surface area contributed by atoms with Gasteiger partial charge >= 0.3 is 5.97 Å². The van der Waals surface area contributed by atoms with Gasteiger partial charge in [-0.05, 0) is 19.2 Å². The summed E-state index contributed by atoms with van der Waals surface area (Å²) in [7, 11) is 1.90. The summed E-state index contributed by atoms with van der Waals surface area (Å²) in [5, 5.41) is 9.21. The maximum Gasteiger partial charge on any atom is 0.310 e. The summed E-state index contributed by atoms with van der Waals surface area (Å²) in [6.45, 7) is 1.78. The summed E-state index contributed by atoms with van der Waals surface area (Å²) < 4.78 is 16.9. The first-order valence-corrected chi connectivity index (χ1v) is 7.04. The van der Waals surface area contributed by atoms with E-state index in [2.05, 4.69) is 0 Å². The largest absolute Gasteiger partial charge is 0.486 e. The third-order valence-corrected chi connectivity index (χ3v) is 3.99. The number of benzene rings is 1. The zero-order valence-corrected chi connectivity index (χ0v) is 11.9. The van der Waals surface area contributed by atoms with Gasteiger partial charge in [0.25, 0.3) is 0 Å². The Balaban J connectivity index is 1.61. The Morgan fingerprint density at radius 3 is 2.81 bits per heavy atom. The van der Waals surface area contributed by atoms with Gasteiger partial charge in [0.05, 0.1) is 19.1 Å². The van der Waals surface area contributed by atoms with Crippen LogP contribution in [-0.2, 0) is 9.53 Å². The molecule has 0 bridgehead atoms. The smallest absolute Gasteiger partial charge is 0.310 e. The molecule has 2 heterocycles. The molecule has 0 radical (unpaired) electrons. The van der Waals surface area contributed by atoms with Gasteiger partial charge < -0.3 is 19.3 Å². The van der Waals surface area contributed by atoms with Crippen LogP contribution >= 0.6 is 0 Å². The van der Waals surface area contributed by atoms with Gasteiger partial charge in [0.1, 0.15) is 12.7 Å². The Hall–Kier alpha value is -1.79. The van der Waals surface area contributed by atoms with E-state index in [9.17, 15) is 9.90 Å². The lowest BCUT2D eigenvalue weighted by Gasteiger charge is -2.32. The van der Waals surface area contributed by atoms with Crippen LogP contribution < -0.4 is 9.47 Å². The number of para-hydroxylation sites is 2. The van der Waals surface area contributed by atoms with Crippen molar-refractivity contribution in [1.29, 1.82) is 0 Å². The van der Waals surface area contributed by atoms with Crippen LogP contribution in [0, 0.1) is 5.92 Å². The van der Waals surface area contributed by atoms with Crippen molar-refractivity contribution in [3.8, 4) is 11.5 Å². The average Bonchev–Trinajstić information content (AvgIpc) is 2.97. The number of nitrogens with zero attached hydrogens (tertiary/aromatic N) is 1. The summed E-state index contributed by atoms with van der Waals surface area (Å²) in [5.74, 6) is 0.200. The zero-order chi connectivity index (χ0) is 14.8. The second-order valence-corrected chi connectivity index (χ2v) is 5.49. The van der Waals surface area contributed by atoms with Crippen molar-refractivity contribution in [2.45, 2.75) is 12.1 Å². The monoisotopic (exact) mass is 293 g/mol. The summed E-state index contributed by atoms with van der Waals surface area (Å²) in [4.78, 5) is 13.2. The average molecular weight is 293 g/mol. The molecule has 0 amide bonds. The molecule has 1 aromatic carbocycles. The number of rotatable bonds is 4. The molecule has 2 aliphatic heterocycles. The van der Waals surface area contributed by atoms with Crippen LogP contribution in [0.25, 0.3) is 0 Å². The highest BCUT2D eigenvalue weighted by Crippen LogP contribution is 2.31. The Bertz CT molecular complexity index is 521. The summed E-state index contributed by atoms with van der Waals surface area (Å²) >= 11 is 0. The zero-order valence-electron chi connectivity index (χ0n) is 11.9. The van der Waals surface area contributed by atoms with Gasteiger partial charge in [-0.25, -0.2) is 0 Å². The number of carbonyl (C=O) groups is 1. The molecule has 3 unspecified atom stereocenters. The molecule has 0 aliphatic carbocycles. The van der Waals surface area contributed by atoms with E-state index in [0.717, 1.165) is 11.5 Å². The van der Waals surface area contributed by atoms with Crippen LogP contribution in [0.4, 0.5) is 0 Å². The molecule has 6 nitrogen and oxygen atoms in total. The number of carboxylic acid groups (broad SMARTS) is 1. The number of carboxylic acids is 1. The molecular weight excluding hydrogens is 274 g/mol. The molecule has 1 N–H and O–H groups in total. The molecule has 1 aromatic rings. The third kappa shape index (κ3) is 2.96. The van der Waals surface area contributed by atoms with Crippen molar-refractivity contribution in [2.75, 3.05) is 33.4 Å². The van der Waals surface area contributed by atoms with Gasteiger partial charge in [-0.15, -0.1) is 0 Å². The highest BCUT2D eigenvalue weighted by atomic mass is 16.6. The highest BCUT2D eigenvalue weighted by molar-refractivity contribution is 5.71. The maximum atomic E-state index is 11.2. The second-order valence-electron chi connectivity index (χ2n) is 5.49. The Morgan fingerprint density at radius 2 is 2.05 bits per heavy atom. The van der Waals surface area contributed by atoms with Gasteiger partial charge in [0, 0.05) is 12.6 Å². The molecule has 0 spiro atoms. The lowest BCUT2D eigenvalue weighted by molar-refractivity contribution is -0.143. The van der Waals surface area contributed by atoms with Gasteiger partial charge in [0.15, 0.2) is 11.5 Å². The first-order valence-electron chi connectivity index (χ1n) is 7.04. The fourth-order valence-corrected chi connectivity index (χ4v) is 2.82. The predicted octanol–water partition coefficient (Wildman–Crippen LogP) is 0.858. The Morgan fingerprint density at radius 1 is 1.29 bits per heavy atom. The lowest BCUT2D eigenvalue weighted by atomic mass is 10.0. The minimum absolute atomic E-state index is 0.111. The Labute approximate surface area is 123 Å². The molecule has 0 saturated carbocycles. The number of aliphatic carboxylic acids is 1. The molecule has 0 aromatic heterocycles. The summed E-state index contributed by atoms with van der Waals surface area (Å²) in [6, 6.07) is 7.44. The summed E-state index contributed by atoms with van der Waals surface area (Å²) in [5.41, 5.74) is 0. The molecule has 1 saturated heterocycles. The van der Waals surface area contributed by atoms with Crippen LogP contribution in [0.15, 0.2) is 24.3 Å². The van der Waals surface area contributed by atoms with E-state index in [1.807, 2.05) is 36.2 Å². The molecule has 1 fully saturated rings. The van der Waals surface area contributed by atoms with Crippen molar-refractivity contribution < 1.29 is 24.1 Å². The third-order valence-electron chi connectivity index (χ3n) is 3.99. The first-order chi connectivity index (χ1) is 10.1. The van der Waals surface area contributed by atoms with Crippen LogP contribution in [0.5, 0.6) is 11.5 Å². The number of hydrogen-bond acceptors (Lipinski definition) is 5. The van der Waals surface area contributed by atoms with Crippen molar-refractivity contribution in [2.24, 2.45) is 5.92 Å². The number of hydrogen-bond donors (Lipinski definition) is 1. The summed E-state index contributed by atoms with van der Waals surface area (Å²) in [6.07, 6.45) is -0.111. The van der Waals surface area contributed by atoms with Crippen molar-refractivity contribution in [3.05, 3.63) is 24.3 Å². The molecule has 6 heteroatoms. The molecular formula is C15H19NO5. The van der Waals surface area contributed by atoms with E-state index in [4.69, 9.17) is 14.2 Å². The second kappa shape index (κ2) is 5.91. The van der Waals surface area contributed by atoms with Crippen molar-refractivity contribution in [3.63, 3.8) is 0 Å².